The monoisotopic (exact) mass is 476 g/mol. The van der Waals surface area contributed by atoms with Gasteiger partial charge in [-0.1, -0.05) is 57.5 Å². The van der Waals surface area contributed by atoms with E-state index in [1.807, 2.05) is 44.4 Å². The first-order valence-electron chi connectivity index (χ1n) is 12.6. The number of nitrogens with one attached hydrogen (secondary N) is 2. The lowest BCUT2D eigenvalue weighted by molar-refractivity contribution is -0.124. The number of amides is 2. The summed E-state index contributed by atoms with van der Waals surface area (Å²) in [6.07, 6.45) is 4.87. The summed E-state index contributed by atoms with van der Waals surface area (Å²) in [4.78, 5) is 30.1. The normalized spacial score (nSPS) is 13.6. The molecule has 2 atom stereocenters. The highest BCUT2D eigenvalue weighted by atomic mass is 16.5. The van der Waals surface area contributed by atoms with Crippen LogP contribution in [0.25, 0.3) is 0 Å². The van der Waals surface area contributed by atoms with Crippen LogP contribution in [0.5, 0.6) is 0 Å². The van der Waals surface area contributed by atoms with Gasteiger partial charge >= 0.3 is 6.09 Å². The number of ether oxygens (including phenoxy) is 1. The summed E-state index contributed by atoms with van der Waals surface area (Å²) in [5, 5.41) is 6.06. The Morgan fingerprint density at radius 2 is 1.41 bits per heavy atom. The number of carbonyl (C=O) groups excluding carboxylic acids is 2. The zero-order valence-electron chi connectivity index (χ0n) is 22.5. The van der Waals surface area contributed by atoms with Crippen molar-refractivity contribution in [3.8, 4) is 0 Å². The Balaban J connectivity index is 2.73. The first-order chi connectivity index (χ1) is 16.0. The SMILES string of the molecule is CN(C)CCCCC(NC(=O)OCc1ccccc1)C(=O)NC(CCCCN(C)C)C(C)(C)C. The molecule has 7 heteroatoms. The number of benzene rings is 1. The molecule has 0 bridgehead atoms. The summed E-state index contributed by atoms with van der Waals surface area (Å²) in [6, 6.07) is 8.96. The summed E-state index contributed by atoms with van der Waals surface area (Å²) in [7, 11) is 8.22. The number of hydrogen-bond donors (Lipinski definition) is 2. The van der Waals surface area contributed by atoms with Crippen molar-refractivity contribution >= 4 is 12.0 Å². The fraction of sp³-hybridized carbons (Fsp3) is 0.704. The topological polar surface area (TPSA) is 73.9 Å². The van der Waals surface area contributed by atoms with Crippen molar-refractivity contribution in [3.05, 3.63) is 35.9 Å². The van der Waals surface area contributed by atoms with E-state index in [9.17, 15) is 9.59 Å². The second-order valence-electron chi connectivity index (χ2n) is 10.8. The number of alkyl carbamates (subject to hydrolysis) is 1. The first kappa shape index (κ1) is 29.9. The van der Waals surface area contributed by atoms with Crippen molar-refractivity contribution in [2.45, 2.75) is 78.0 Å². The van der Waals surface area contributed by atoms with Gasteiger partial charge in [0.2, 0.25) is 5.91 Å². The van der Waals surface area contributed by atoms with Gasteiger partial charge in [0, 0.05) is 6.04 Å². The summed E-state index contributed by atoms with van der Waals surface area (Å²) in [5.74, 6) is -0.131. The van der Waals surface area contributed by atoms with E-state index in [1.165, 1.54) is 0 Å². The molecular weight excluding hydrogens is 428 g/mol. The molecule has 2 unspecified atom stereocenters. The predicted octanol–water partition coefficient (Wildman–Crippen LogP) is 4.28. The lowest BCUT2D eigenvalue weighted by atomic mass is 9.83. The van der Waals surface area contributed by atoms with Crippen molar-refractivity contribution in [2.75, 3.05) is 41.3 Å². The van der Waals surface area contributed by atoms with Gasteiger partial charge < -0.3 is 25.2 Å². The second-order valence-corrected chi connectivity index (χ2v) is 10.8. The van der Waals surface area contributed by atoms with Gasteiger partial charge in [0.15, 0.2) is 0 Å². The van der Waals surface area contributed by atoms with Crippen LogP contribution in [-0.4, -0.2) is 75.2 Å². The van der Waals surface area contributed by atoms with Crippen LogP contribution in [-0.2, 0) is 16.1 Å². The Morgan fingerprint density at radius 1 is 0.853 bits per heavy atom. The number of hydrogen-bond acceptors (Lipinski definition) is 5. The Labute approximate surface area is 207 Å². The minimum atomic E-state index is -0.614. The van der Waals surface area contributed by atoms with Gasteiger partial charge in [0.05, 0.1) is 0 Å². The largest absolute Gasteiger partial charge is 0.445 e. The molecule has 0 aromatic heterocycles. The van der Waals surface area contributed by atoms with Gasteiger partial charge in [-0.15, -0.1) is 0 Å². The van der Waals surface area contributed by atoms with Crippen LogP contribution in [0.15, 0.2) is 30.3 Å². The van der Waals surface area contributed by atoms with E-state index < -0.39 is 12.1 Å². The fourth-order valence-corrected chi connectivity index (χ4v) is 3.72. The average molecular weight is 477 g/mol. The molecule has 2 N–H and O–H groups in total. The Morgan fingerprint density at radius 3 is 1.94 bits per heavy atom. The third-order valence-corrected chi connectivity index (χ3v) is 5.88. The van der Waals surface area contributed by atoms with Crippen LogP contribution in [0.4, 0.5) is 4.79 Å². The number of unbranched alkanes of at least 4 members (excludes halogenated alkanes) is 2. The minimum absolute atomic E-state index is 0.0357. The highest BCUT2D eigenvalue weighted by Crippen LogP contribution is 2.24. The maximum absolute atomic E-state index is 13.3. The maximum Gasteiger partial charge on any atom is 0.408 e. The number of rotatable bonds is 15. The van der Waals surface area contributed by atoms with E-state index in [4.69, 9.17) is 4.74 Å². The van der Waals surface area contributed by atoms with Crippen molar-refractivity contribution in [3.63, 3.8) is 0 Å². The number of carbonyl (C=O) groups is 2. The molecule has 0 aliphatic carbocycles. The van der Waals surface area contributed by atoms with Crippen LogP contribution in [0, 0.1) is 5.41 Å². The molecule has 194 valence electrons. The molecule has 34 heavy (non-hydrogen) atoms. The van der Waals surface area contributed by atoms with E-state index in [0.717, 1.165) is 50.8 Å². The van der Waals surface area contributed by atoms with Crippen molar-refractivity contribution < 1.29 is 14.3 Å². The first-order valence-corrected chi connectivity index (χ1v) is 12.6. The van der Waals surface area contributed by atoms with Crippen LogP contribution >= 0.6 is 0 Å². The van der Waals surface area contributed by atoms with Gasteiger partial charge in [0.1, 0.15) is 12.6 Å². The third kappa shape index (κ3) is 13.6. The fourth-order valence-electron chi connectivity index (χ4n) is 3.72. The molecule has 1 aromatic rings. The van der Waals surface area contributed by atoms with E-state index in [1.54, 1.807) is 0 Å². The van der Waals surface area contributed by atoms with Crippen LogP contribution in [0.2, 0.25) is 0 Å². The van der Waals surface area contributed by atoms with Crippen molar-refractivity contribution in [1.29, 1.82) is 0 Å². The van der Waals surface area contributed by atoms with Gasteiger partial charge in [0.25, 0.3) is 0 Å². The Hall–Kier alpha value is -2.12. The van der Waals surface area contributed by atoms with E-state index in [2.05, 4.69) is 55.3 Å². The molecule has 0 spiro atoms. The van der Waals surface area contributed by atoms with Crippen LogP contribution in [0.3, 0.4) is 0 Å². The molecule has 1 rings (SSSR count). The molecule has 0 fully saturated rings. The van der Waals surface area contributed by atoms with Gasteiger partial charge in [-0.25, -0.2) is 4.79 Å². The van der Waals surface area contributed by atoms with E-state index in [-0.39, 0.29) is 24.0 Å². The third-order valence-electron chi connectivity index (χ3n) is 5.88. The summed E-state index contributed by atoms with van der Waals surface area (Å²) in [6.45, 7) is 8.61. The molecule has 7 nitrogen and oxygen atoms in total. The molecule has 2 amide bonds. The number of nitrogens with zero attached hydrogens (tertiary/aromatic N) is 2. The average Bonchev–Trinajstić information content (AvgIpc) is 2.76. The molecule has 0 aliphatic rings. The van der Waals surface area contributed by atoms with E-state index >= 15 is 0 Å². The lowest BCUT2D eigenvalue weighted by Crippen LogP contribution is -2.52. The highest BCUT2D eigenvalue weighted by molar-refractivity contribution is 5.85. The standard InChI is InChI=1S/C27H48N4O3/c1-27(2,3)24(18-12-14-20-31(6)7)29-25(32)23(17-11-13-19-30(4)5)28-26(33)34-21-22-15-9-8-10-16-22/h8-10,15-16,23-24H,11-14,17-21H2,1-7H3,(H,28,33)(H,29,32). The van der Waals surface area contributed by atoms with Crippen molar-refractivity contribution in [2.24, 2.45) is 5.41 Å². The van der Waals surface area contributed by atoms with E-state index in [0.29, 0.717) is 6.42 Å². The van der Waals surface area contributed by atoms with Gasteiger partial charge in [-0.2, -0.15) is 0 Å². The Kier molecular flexibility index (Phi) is 13.8. The van der Waals surface area contributed by atoms with Crippen LogP contribution in [0.1, 0.15) is 64.9 Å². The zero-order valence-corrected chi connectivity index (χ0v) is 22.5. The van der Waals surface area contributed by atoms with Gasteiger partial charge in [-0.3, -0.25) is 4.79 Å². The minimum Gasteiger partial charge on any atom is -0.445 e. The highest BCUT2D eigenvalue weighted by Gasteiger charge is 2.29. The Bertz CT molecular complexity index is 702. The van der Waals surface area contributed by atoms with Crippen molar-refractivity contribution in [1.82, 2.24) is 20.4 Å². The van der Waals surface area contributed by atoms with Gasteiger partial charge in [-0.05, 0) is 84.4 Å². The zero-order chi connectivity index (χ0) is 25.6. The lowest BCUT2D eigenvalue weighted by Gasteiger charge is -2.33. The summed E-state index contributed by atoms with van der Waals surface area (Å²) < 4.78 is 5.38. The molecule has 0 saturated heterocycles. The molecule has 0 heterocycles. The summed E-state index contributed by atoms with van der Waals surface area (Å²) in [5.41, 5.74) is 0.840. The quantitative estimate of drug-likeness (QED) is 0.370. The van der Waals surface area contributed by atoms with Crippen LogP contribution < -0.4 is 10.6 Å². The predicted molar refractivity (Wildman–Crippen MR) is 140 cm³/mol. The molecule has 0 saturated carbocycles. The molecule has 0 aliphatic heterocycles. The smallest absolute Gasteiger partial charge is 0.408 e. The summed E-state index contributed by atoms with van der Waals surface area (Å²) >= 11 is 0. The second kappa shape index (κ2) is 15.7. The molecular formula is C27H48N4O3. The molecule has 1 aromatic carbocycles. The maximum atomic E-state index is 13.3. The molecule has 0 radical (unpaired) electrons.